The van der Waals surface area contributed by atoms with Crippen LogP contribution in [0.5, 0.6) is 0 Å². The van der Waals surface area contributed by atoms with Crippen molar-refractivity contribution >= 4 is 52.3 Å². The van der Waals surface area contributed by atoms with Gasteiger partial charge in [-0.1, -0.05) is 40.9 Å². The predicted molar refractivity (Wildman–Crippen MR) is 123 cm³/mol. The van der Waals surface area contributed by atoms with Crippen molar-refractivity contribution < 1.29 is 9.59 Å². The number of halogens is 3. The molecule has 1 unspecified atom stereocenters. The van der Waals surface area contributed by atoms with E-state index in [1.54, 1.807) is 23.1 Å². The third-order valence-electron chi connectivity index (χ3n) is 5.37. The van der Waals surface area contributed by atoms with Gasteiger partial charge in [0.15, 0.2) is 0 Å². The summed E-state index contributed by atoms with van der Waals surface area (Å²) in [6.07, 6.45) is 0. The number of hydrogen-bond donors (Lipinski definition) is 1. The van der Waals surface area contributed by atoms with Crippen molar-refractivity contribution in [3.8, 4) is 0 Å². The molecule has 2 aromatic carbocycles. The first-order valence-electron chi connectivity index (χ1n) is 9.73. The molecule has 1 atom stereocenters. The zero-order valence-electron chi connectivity index (χ0n) is 17.1. The second kappa shape index (κ2) is 9.56. The summed E-state index contributed by atoms with van der Waals surface area (Å²) in [6.45, 7) is 7.95. The van der Waals surface area contributed by atoms with Crippen LogP contribution in [0.15, 0.2) is 30.3 Å². The molecule has 1 saturated heterocycles. The van der Waals surface area contributed by atoms with E-state index in [9.17, 15) is 9.59 Å². The van der Waals surface area contributed by atoms with E-state index in [1.165, 1.54) is 0 Å². The highest BCUT2D eigenvalue weighted by Crippen LogP contribution is 2.28. The Morgan fingerprint density at radius 2 is 1.63 bits per heavy atom. The van der Waals surface area contributed by atoms with E-state index < -0.39 is 0 Å². The molecule has 1 aliphatic heterocycles. The molecule has 1 aliphatic rings. The van der Waals surface area contributed by atoms with Gasteiger partial charge >= 0.3 is 0 Å². The minimum atomic E-state index is -0.349. The number of piperazine rings is 1. The topological polar surface area (TPSA) is 52.7 Å². The van der Waals surface area contributed by atoms with Crippen LogP contribution in [0.25, 0.3) is 0 Å². The van der Waals surface area contributed by atoms with Gasteiger partial charge in [0.2, 0.25) is 5.91 Å². The molecule has 0 radical (unpaired) electrons. The molecular weight excluding hydrogens is 445 g/mol. The molecule has 5 nitrogen and oxygen atoms in total. The normalized spacial score (nSPS) is 15.7. The molecule has 1 fully saturated rings. The lowest BCUT2D eigenvalue weighted by atomic mass is 10.1. The Balaban J connectivity index is 1.60. The lowest BCUT2D eigenvalue weighted by Crippen LogP contribution is -2.54. The van der Waals surface area contributed by atoms with Crippen LogP contribution in [0.2, 0.25) is 15.1 Å². The van der Waals surface area contributed by atoms with Crippen LogP contribution >= 0.6 is 34.8 Å². The van der Waals surface area contributed by atoms with Gasteiger partial charge in [0.25, 0.3) is 5.91 Å². The van der Waals surface area contributed by atoms with Crippen molar-refractivity contribution in [3.63, 3.8) is 0 Å². The van der Waals surface area contributed by atoms with E-state index in [0.29, 0.717) is 52.5 Å². The fourth-order valence-corrected chi connectivity index (χ4v) is 4.47. The lowest BCUT2D eigenvalue weighted by Gasteiger charge is -2.37. The number of amides is 2. The van der Waals surface area contributed by atoms with Crippen molar-refractivity contribution in [2.45, 2.75) is 26.8 Å². The van der Waals surface area contributed by atoms with Gasteiger partial charge in [0.1, 0.15) is 0 Å². The minimum absolute atomic E-state index is 0.121. The van der Waals surface area contributed by atoms with E-state index in [2.05, 4.69) is 10.2 Å². The van der Waals surface area contributed by atoms with Gasteiger partial charge < -0.3 is 10.2 Å². The molecule has 3 rings (SSSR count). The number of rotatable bonds is 4. The Kier molecular flexibility index (Phi) is 7.30. The smallest absolute Gasteiger partial charge is 0.255 e. The number of nitrogens with one attached hydrogen (secondary N) is 1. The van der Waals surface area contributed by atoms with Crippen LogP contribution < -0.4 is 5.32 Å². The molecule has 1 heterocycles. The van der Waals surface area contributed by atoms with E-state index in [1.807, 2.05) is 32.9 Å². The second-order valence-electron chi connectivity index (χ2n) is 7.56. The predicted octanol–water partition coefficient (Wildman–Crippen LogP) is 5.05. The van der Waals surface area contributed by atoms with Crippen molar-refractivity contribution in [3.05, 3.63) is 62.1 Å². The molecule has 160 valence electrons. The van der Waals surface area contributed by atoms with Gasteiger partial charge in [-0.05, 0) is 56.2 Å². The third-order valence-corrected chi connectivity index (χ3v) is 6.22. The number of nitrogens with zero attached hydrogens (tertiary/aromatic N) is 2. The molecule has 0 spiro atoms. The Bertz CT molecular complexity index is 949. The minimum Gasteiger partial charge on any atom is -0.336 e. The van der Waals surface area contributed by atoms with Crippen LogP contribution in [-0.2, 0) is 4.79 Å². The maximum Gasteiger partial charge on any atom is 0.255 e. The first kappa shape index (κ1) is 22.9. The summed E-state index contributed by atoms with van der Waals surface area (Å²) in [5.41, 5.74) is 3.05. The quantitative estimate of drug-likeness (QED) is 0.683. The van der Waals surface area contributed by atoms with E-state index in [4.69, 9.17) is 34.8 Å². The molecule has 0 bridgehead atoms. The fourth-order valence-electron chi connectivity index (χ4n) is 3.61. The maximum absolute atomic E-state index is 12.8. The van der Waals surface area contributed by atoms with E-state index in [-0.39, 0.29) is 17.9 Å². The van der Waals surface area contributed by atoms with Crippen molar-refractivity contribution in [1.29, 1.82) is 0 Å². The molecule has 0 saturated carbocycles. The number of carbonyl (C=O) groups excluding carboxylic acids is 2. The number of benzene rings is 2. The van der Waals surface area contributed by atoms with Crippen LogP contribution in [0.4, 0.5) is 5.69 Å². The standard InChI is InChI=1S/C22H24Cl3N3O2/c1-13-10-14(2)20(19(25)11-13)26-21(29)15(3)27-6-8-28(9-7-27)22(30)17-5-4-16(23)12-18(17)24/h4-5,10-12,15H,6-9H2,1-3H3,(H,26,29). The molecule has 1 N–H and O–H groups in total. The van der Waals surface area contributed by atoms with Crippen LogP contribution in [0.1, 0.15) is 28.4 Å². The summed E-state index contributed by atoms with van der Waals surface area (Å²) in [6, 6.07) is 8.33. The first-order valence-corrected chi connectivity index (χ1v) is 10.9. The molecule has 30 heavy (non-hydrogen) atoms. The summed E-state index contributed by atoms with van der Waals surface area (Å²) in [4.78, 5) is 29.4. The number of aryl methyl sites for hydroxylation is 2. The Morgan fingerprint density at radius 3 is 2.23 bits per heavy atom. The summed E-state index contributed by atoms with van der Waals surface area (Å²) >= 11 is 18.4. The van der Waals surface area contributed by atoms with Gasteiger partial charge in [-0.2, -0.15) is 0 Å². The van der Waals surface area contributed by atoms with Crippen molar-refractivity contribution in [2.75, 3.05) is 31.5 Å². The van der Waals surface area contributed by atoms with E-state index in [0.717, 1.165) is 11.1 Å². The summed E-state index contributed by atoms with van der Waals surface area (Å²) < 4.78 is 0. The molecular formula is C22H24Cl3N3O2. The third kappa shape index (κ3) is 5.09. The fraction of sp³-hybridized carbons (Fsp3) is 0.364. The van der Waals surface area contributed by atoms with Gasteiger partial charge in [-0.3, -0.25) is 14.5 Å². The largest absolute Gasteiger partial charge is 0.336 e. The van der Waals surface area contributed by atoms with Crippen LogP contribution in [-0.4, -0.2) is 53.8 Å². The van der Waals surface area contributed by atoms with Gasteiger partial charge in [-0.15, -0.1) is 0 Å². The summed E-state index contributed by atoms with van der Waals surface area (Å²) in [5, 5.41) is 4.31. The lowest BCUT2D eigenvalue weighted by molar-refractivity contribution is -0.121. The van der Waals surface area contributed by atoms with Crippen molar-refractivity contribution in [1.82, 2.24) is 9.80 Å². The van der Waals surface area contributed by atoms with Crippen LogP contribution in [0.3, 0.4) is 0 Å². The SMILES string of the molecule is Cc1cc(C)c(NC(=O)C(C)N2CCN(C(=O)c3ccc(Cl)cc3Cl)CC2)c(Cl)c1. The van der Waals surface area contributed by atoms with E-state index >= 15 is 0 Å². The highest BCUT2D eigenvalue weighted by molar-refractivity contribution is 6.36. The van der Waals surface area contributed by atoms with Gasteiger partial charge in [-0.25, -0.2) is 0 Å². The number of hydrogen-bond acceptors (Lipinski definition) is 3. The average molecular weight is 469 g/mol. The molecule has 8 heteroatoms. The summed E-state index contributed by atoms with van der Waals surface area (Å²) in [5.74, 6) is -0.250. The Hall–Kier alpha value is -1.79. The average Bonchev–Trinajstić information content (AvgIpc) is 2.69. The highest BCUT2D eigenvalue weighted by atomic mass is 35.5. The molecule has 0 aromatic heterocycles. The zero-order valence-corrected chi connectivity index (χ0v) is 19.4. The first-order chi connectivity index (χ1) is 14.2. The van der Waals surface area contributed by atoms with Crippen molar-refractivity contribution in [2.24, 2.45) is 0 Å². The maximum atomic E-state index is 12.8. The molecule has 0 aliphatic carbocycles. The number of anilines is 1. The summed E-state index contributed by atoms with van der Waals surface area (Å²) in [7, 11) is 0. The molecule has 2 aromatic rings. The highest BCUT2D eigenvalue weighted by Gasteiger charge is 2.29. The Labute approximate surface area is 191 Å². The Morgan fingerprint density at radius 1 is 0.967 bits per heavy atom. The molecule has 2 amide bonds. The second-order valence-corrected chi connectivity index (χ2v) is 8.81. The van der Waals surface area contributed by atoms with Crippen LogP contribution in [0, 0.1) is 13.8 Å². The monoisotopic (exact) mass is 467 g/mol. The van der Waals surface area contributed by atoms with Gasteiger partial charge in [0, 0.05) is 31.2 Å². The number of carbonyl (C=O) groups is 2. The zero-order chi connectivity index (χ0) is 22.0. The van der Waals surface area contributed by atoms with Gasteiger partial charge in [0.05, 0.1) is 27.3 Å².